The van der Waals surface area contributed by atoms with Crippen LogP contribution in [0.1, 0.15) is 24.8 Å². The standard InChI is InChI=1S/C15H20ClNO4S/c16-14-6-2-1-4-12(14)11-22(19,20)9-7-15(18)17-10-13-5-3-8-21-13/h1-2,4,6,13H,3,5,7-11H2,(H,17,18). The Balaban J connectivity index is 1.76. The summed E-state index contributed by atoms with van der Waals surface area (Å²) in [6.45, 7) is 1.18. The van der Waals surface area contributed by atoms with Gasteiger partial charge in [0.2, 0.25) is 5.91 Å². The van der Waals surface area contributed by atoms with E-state index in [1.165, 1.54) is 0 Å². The molecule has 1 atom stereocenters. The molecule has 0 aromatic heterocycles. The highest BCUT2D eigenvalue weighted by Gasteiger charge is 2.18. The summed E-state index contributed by atoms with van der Waals surface area (Å²) in [7, 11) is -3.37. The molecule has 1 aliphatic heterocycles. The molecule has 2 rings (SSSR count). The molecular formula is C15H20ClNO4S. The minimum absolute atomic E-state index is 0.0422. The Morgan fingerprint density at radius 2 is 2.14 bits per heavy atom. The van der Waals surface area contributed by atoms with Crippen LogP contribution in [0.2, 0.25) is 5.02 Å². The number of halogens is 1. The van der Waals surface area contributed by atoms with Crippen LogP contribution >= 0.6 is 11.6 Å². The Hall–Kier alpha value is -1.11. The molecule has 1 saturated heterocycles. The molecule has 0 aliphatic carbocycles. The minimum Gasteiger partial charge on any atom is -0.376 e. The van der Waals surface area contributed by atoms with Gasteiger partial charge in [0.15, 0.2) is 9.84 Å². The molecule has 22 heavy (non-hydrogen) atoms. The van der Waals surface area contributed by atoms with Gasteiger partial charge in [0.05, 0.1) is 17.6 Å². The third-order valence-electron chi connectivity index (χ3n) is 3.52. The second-order valence-corrected chi connectivity index (χ2v) is 7.96. The molecule has 0 saturated carbocycles. The van der Waals surface area contributed by atoms with E-state index < -0.39 is 9.84 Å². The molecule has 1 aromatic rings. The van der Waals surface area contributed by atoms with Crippen LogP contribution in [0.5, 0.6) is 0 Å². The summed E-state index contributed by atoms with van der Waals surface area (Å²) in [4.78, 5) is 11.7. The average Bonchev–Trinajstić information content (AvgIpc) is 2.99. The topological polar surface area (TPSA) is 72.5 Å². The van der Waals surface area contributed by atoms with Crippen molar-refractivity contribution in [1.82, 2.24) is 5.32 Å². The third kappa shape index (κ3) is 5.59. The lowest BCUT2D eigenvalue weighted by atomic mass is 10.2. The Bertz CT molecular complexity index is 612. The van der Waals surface area contributed by atoms with Gasteiger partial charge in [-0.1, -0.05) is 29.8 Å². The summed E-state index contributed by atoms with van der Waals surface area (Å²) in [6.07, 6.45) is 1.96. The molecule has 7 heteroatoms. The normalized spacial score (nSPS) is 18.3. The van der Waals surface area contributed by atoms with Crippen LogP contribution in [0.15, 0.2) is 24.3 Å². The predicted octanol–water partition coefficient (Wildman–Crippen LogP) is 1.94. The van der Waals surface area contributed by atoms with Gasteiger partial charge in [0.25, 0.3) is 0 Å². The van der Waals surface area contributed by atoms with E-state index >= 15 is 0 Å². The summed E-state index contributed by atoms with van der Waals surface area (Å²) < 4.78 is 29.5. The fraction of sp³-hybridized carbons (Fsp3) is 0.533. The van der Waals surface area contributed by atoms with Crippen molar-refractivity contribution in [3.05, 3.63) is 34.9 Å². The van der Waals surface area contributed by atoms with E-state index in [0.29, 0.717) is 17.1 Å². The van der Waals surface area contributed by atoms with Gasteiger partial charge in [-0.05, 0) is 24.5 Å². The van der Waals surface area contributed by atoms with Crippen LogP contribution in [0.4, 0.5) is 0 Å². The summed E-state index contributed by atoms with van der Waals surface area (Å²) in [5.41, 5.74) is 0.559. The maximum absolute atomic E-state index is 12.1. The molecule has 0 radical (unpaired) electrons. The highest BCUT2D eigenvalue weighted by atomic mass is 35.5. The summed E-state index contributed by atoms with van der Waals surface area (Å²) in [5.74, 6) is -0.598. The summed E-state index contributed by atoms with van der Waals surface area (Å²) in [6, 6.07) is 6.82. The number of hydrogen-bond donors (Lipinski definition) is 1. The highest BCUT2D eigenvalue weighted by molar-refractivity contribution is 7.90. The van der Waals surface area contributed by atoms with Crippen LogP contribution in [-0.2, 0) is 25.1 Å². The number of carbonyl (C=O) groups excluding carboxylic acids is 1. The van der Waals surface area contributed by atoms with Crippen LogP contribution in [0.25, 0.3) is 0 Å². The maximum atomic E-state index is 12.1. The second kappa shape index (κ2) is 7.94. The number of ether oxygens (including phenoxy) is 1. The number of nitrogens with one attached hydrogen (secondary N) is 1. The van der Waals surface area contributed by atoms with Gasteiger partial charge in [0, 0.05) is 24.6 Å². The van der Waals surface area contributed by atoms with Crippen molar-refractivity contribution in [3.63, 3.8) is 0 Å². The van der Waals surface area contributed by atoms with Crippen molar-refractivity contribution in [1.29, 1.82) is 0 Å². The van der Waals surface area contributed by atoms with Crippen LogP contribution in [-0.4, -0.2) is 39.3 Å². The molecule has 1 unspecified atom stereocenters. The molecule has 122 valence electrons. The lowest BCUT2D eigenvalue weighted by molar-refractivity contribution is -0.121. The quantitative estimate of drug-likeness (QED) is 0.819. The number of sulfone groups is 1. The van der Waals surface area contributed by atoms with Crippen LogP contribution < -0.4 is 5.32 Å². The molecule has 1 aromatic carbocycles. The third-order valence-corrected chi connectivity index (χ3v) is 5.47. The van der Waals surface area contributed by atoms with Gasteiger partial charge in [-0.3, -0.25) is 4.79 Å². The Morgan fingerprint density at radius 1 is 1.36 bits per heavy atom. The fourth-order valence-electron chi connectivity index (χ4n) is 2.29. The largest absolute Gasteiger partial charge is 0.376 e. The van der Waals surface area contributed by atoms with E-state index in [9.17, 15) is 13.2 Å². The van der Waals surface area contributed by atoms with Crippen molar-refractivity contribution < 1.29 is 17.9 Å². The van der Waals surface area contributed by atoms with E-state index in [0.717, 1.165) is 19.4 Å². The van der Waals surface area contributed by atoms with Gasteiger partial charge in [0.1, 0.15) is 0 Å². The lowest BCUT2D eigenvalue weighted by Crippen LogP contribution is -2.32. The Morgan fingerprint density at radius 3 is 2.82 bits per heavy atom. The number of amides is 1. The fourth-order valence-corrected chi connectivity index (χ4v) is 3.94. The first kappa shape index (κ1) is 17.2. The molecule has 1 amide bonds. The van der Waals surface area contributed by atoms with E-state index in [1.54, 1.807) is 24.3 Å². The molecule has 0 spiro atoms. The molecule has 1 fully saturated rings. The monoisotopic (exact) mass is 345 g/mol. The van der Waals surface area contributed by atoms with Crippen LogP contribution in [0, 0.1) is 0 Å². The lowest BCUT2D eigenvalue weighted by Gasteiger charge is -2.11. The number of rotatable bonds is 7. The zero-order valence-electron chi connectivity index (χ0n) is 12.3. The zero-order valence-corrected chi connectivity index (χ0v) is 13.8. The molecule has 1 aliphatic rings. The second-order valence-electron chi connectivity index (χ2n) is 5.37. The molecule has 1 N–H and O–H groups in total. The predicted molar refractivity (Wildman–Crippen MR) is 85.5 cm³/mol. The Kier molecular flexibility index (Phi) is 6.23. The highest BCUT2D eigenvalue weighted by Crippen LogP contribution is 2.18. The van der Waals surface area contributed by atoms with E-state index in [1.807, 2.05) is 0 Å². The first-order valence-electron chi connectivity index (χ1n) is 7.28. The first-order chi connectivity index (χ1) is 10.5. The van der Waals surface area contributed by atoms with Crippen LogP contribution in [0.3, 0.4) is 0 Å². The number of benzene rings is 1. The maximum Gasteiger partial charge on any atom is 0.221 e. The zero-order chi connectivity index (χ0) is 16.0. The van der Waals surface area contributed by atoms with Crippen molar-refractivity contribution in [3.8, 4) is 0 Å². The molecule has 0 bridgehead atoms. The number of hydrogen-bond acceptors (Lipinski definition) is 4. The number of carbonyl (C=O) groups is 1. The summed E-state index contributed by atoms with van der Waals surface area (Å²) in [5, 5.41) is 3.14. The minimum atomic E-state index is -3.37. The van der Waals surface area contributed by atoms with Gasteiger partial charge in [-0.15, -0.1) is 0 Å². The molecule has 1 heterocycles. The average molecular weight is 346 g/mol. The van der Waals surface area contributed by atoms with Gasteiger partial charge in [-0.25, -0.2) is 8.42 Å². The van der Waals surface area contributed by atoms with E-state index in [-0.39, 0.29) is 29.9 Å². The van der Waals surface area contributed by atoms with Gasteiger partial charge < -0.3 is 10.1 Å². The SMILES string of the molecule is O=C(CCS(=O)(=O)Cc1ccccc1Cl)NCC1CCCO1. The van der Waals surface area contributed by atoms with Gasteiger partial charge in [-0.2, -0.15) is 0 Å². The molecular weight excluding hydrogens is 326 g/mol. The van der Waals surface area contributed by atoms with Crippen molar-refractivity contribution in [2.24, 2.45) is 0 Å². The van der Waals surface area contributed by atoms with Crippen molar-refractivity contribution in [2.45, 2.75) is 31.1 Å². The van der Waals surface area contributed by atoms with Crippen molar-refractivity contribution >= 4 is 27.3 Å². The first-order valence-corrected chi connectivity index (χ1v) is 9.48. The van der Waals surface area contributed by atoms with E-state index in [2.05, 4.69) is 5.32 Å². The molecule has 5 nitrogen and oxygen atoms in total. The van der Waals surface area contributed by atoms with E-state index in [4.69, 9.17) is 16.3 Å². The smallest absolute Gasteiger partial charge is 0.221 e. The van der Waals surface area contributed by atoms with Crippen molar-refractivity contribution in [2.75, 3.05) is 18.9 Å². The summed E-state index contributed by atoms with van der Waals surface area (Å²) >= 11 is 5.96. The Labute approximate surface area is 135 Å². The van der Waals surface area contributed by atoms with Gasteiger partial charge >= 0.3 is 0 Å².